The molecule has 0 aliphatic heterocycles. The van der Waals surface area contributed by atoms with Crippen molar-refractivity contribution in [3.05, 3.63) is 191 Å². The molecular formula is C55H25F6N7. The number of hydrogen-bond acceptors (Lipinski definition) is 5. The Labute approximate surface area is 382 Å². The van der Waals surface area contributed by atoms with Crippen LogP contribution in [0.3, 0.4) is 0 Å². The van der Waals surface area contributed by atoms with Crippen LogP contribution in [0, 0.1) is 56.7 Å². The van der Waals surface area contributed by atoms with Crippen molar-refractivity contribution in [2.75, 3.05) is 0 Å². The van der Waals surface area contributed by atoms with E-state index in [2.05, 4.69) is 30.3 Å². The Morgan fingerprint density at radius 1 is 0.324 bits per heavy atom. The number of benzene rings is 8. The first-order chi connectivity index (χ1) is 32.7. The van der Waals surface area contributed by atoms with E-state index in [1.165, 1.54) is 24.3 Å². The van der Waals surface area contributed by atoms with Crippen molar-refractivity contribution in [3.8, 4) is 75.1 Å². The van der Waals surface area contributed by atoms with E-state index in [4.69, 9.17) is 0 Å². The molecule has 0 radical (unpaired) electrons. The van der Waals surface area contributed by atoms with Crippen LogP contribution in [0.15, 0.2) is 152 Å². The summed E-state index contributed by atoms with van der Waals surface area (Å²) < 4.78 is 96.3. The fraction of sp³-hybridized carbons (Fsp3) is 0.0364. The van der Waals surface area contributed by atoms with Crippen LogP contribution in [-0.2, 0) is 12.4 Å². The molecule has 0 atom stereocenters. The van der Waals surface area contributed by atoms with Gasteiger partial charge in [-0.3, -0.25) is 0 Å². The lowest BCUT2D eigenvalue weighted by molar-refractivity contribution is -0.142. The summed E-state index contributed by atoms with van der Waals surface area (Å²) in [7, 11) is 0. The molecule has 0 saturated carbocycles. The molecule has 10 rings (SSSR count). The highest BCUT2D eigenvalue weighted by Gasteiger charge is 2.43. The molecular weight excluding hydrogens is 873 g/mol. The van der Waals surface area contributed by atoms with Gasteiger partial charge < -0.3 is 9.13 Å². The van der Waals surface area contributed by atoms with E-state index in [0.29, 0.717) is 78.0 Å². The third kappa shape index (κ3) is 6.90. The van der Waals surface area contributed by atoms with Gasteiger partial charge in [-0.2, -0.15) is 52.7 Å². The quantitative estimate of drug-likeness (QED) is 0.159. The molecule has 322 valence electrons. The van der Waals surface area contributed by atoms with Gasteiger partial charge in [0.15, 0.2) is 0 Å². The van der Waals surface area contributed by atoms with Crippen molar-refractivity contribution in [3.63, 3.8) is 0 Å². The van der Waals surface area contributed by atoms with E-state index in [1.807, 2.05) is 0 Å². The molecule has 8 aromatic carbocycles. The summed E-state index contributed by atoms with van der Waals surface area (Å²) in [6, 6.07) is 48.2. The fourth-order valence-corrected chi connectivity index (χ4v) is 9.25. The van der Waals surface area contributed by atoms with E-state index < -0.39 is 34.6 Å². The SMILES string of the molecule is N#Cc1cc(C#N)cc(-c2ccc3c(c2)c2ccccc2n3-c2cc(C#N)cc(-n3c4ccccc4c4cc(-c5cc(C#N)cc(C#N)c5)ccc43)c2-c2c(C(F)(F)F)cccc2C(F)(F)F)c1. The van der Waals surface area contributed by atoms with E-state index in [9.17, 15) is 26.3 Å². The summed E-state index contributed by atoms with van der Waals surface area (Å²) in [5, 5.41) is 51.9. The van der Waals surface area contributed by atoms with Crippen LogP contribution in [0.2, 0.25) is 0 Å². The Morgan fingerprint density at radius 3 is 1.04 bits per heavy atom. The standard InChI is InChI=1S/C55H25F6N7/c56-54(57,58)44-8-5-9-45(55(59,60)61)52(44)53-50(67-46-10-3-1-6-40(46)42-24-36(12-14-48(42)67)38-18-31(26-62)16-32(19-38)27-63)22-35(30-66)23-51(53)68-47-11-4-2-7-41(47)43-25-37(13-15-49(43)68)39-20-33(28-64)17-34(21-39)29-65/h1-25H. The van der Waals surface area contributed by atoms with Crippen LogP contribution in [0.5, 0.6) is 0 Å². The number of nitriles is 5. The van der Waals surface area contributed by atoms with Gasteiger partial charge in [0, 0.05) is 32.7 Å². The third-order valence-electron chi connectivity index (χ3n) is 12.0. The molecule has 68 heavy (non-hydrogen) atoms. The predicted octanol–water partition coefficient (Wildman–Crippen LogP) is 14.3. The molecule has 7 nitrogen and oxygen atoms in total. The maximum Gasteiger partial charge on any atom is 0.417 e. The second kappa shape index (κ2) is 15.8. The molecule has 0 N–H and O–H groups in total. The molecule has 0 fully saturated rings. The smallest absolute Gasteiger partial charge is 0.308 e. The van der Waals surface area contributed by atoms with E-state index >= 15 is 26.3 Å². The zero-order valence-corrected chi connectivity index (χ0v) is 34.8. The summed E-state index contributed by atoms with van der Waals surface area (Å²) in [4.78, 5) is 0. The van der Waals surface area contributed by atoms with Crippen molar-refractivity contribution in [2.24, 2.45) is 0 Å². The second-order valence-corrected chi connectivity index (χ2v) is 15.9. The number of aromatic nitrogens is 2. The van der Waals surface area contributed by atoms with Crippen LogP contribution in [0.25, 0.3) is 88.4 Å². The Kier molecular flexibility index (Phi) is 9.85. The highest BCUT2D eigenvalue weighted by molar-refractivity contribution is 6.13. The highest BCUT2D eigenvalue weighted by atomic mass is 19.4. The summed E-state index contributed by atoms with van der Waals surface area (Å²) in [5.41, 5.74) is -0.424. The van der Waals surface area contributed by atoms with Gasteiger partial charge in [-0.25, -0.2) is 0 Å². The third-order valence-corrected chi connectivity index (χ3v) is 12.0. The van der Waals surface area contributed by atoms with Gasteiger partial charge >= 0.3 is 12.4 Å². The predicted molar refractivity (Wildman–Crippen MR) is 245 cm³/mol. The normalized spacial score (nSPS) is 11.6. The van der Waals surface area contributed by atoms with Crippen LogP contribution in [0.1, 0.15) is 38.9 Å². The maximum atomic E-state index is 15.5. The molecule has 0 unspecified atom stereocenters. The number of para-hydroxylation sites is 2. The minimum Gasteiger partial charge on any atom is -0.308 e. The molecule has 2 heterocycles. The van der Waals surface area contributed by atoms with Crippen molar-refractivity contribution in [1.29, 1.82) is 26.3 Å². The zero-order chi connectivity index (χ0) is 47.6. The average molecular weight is 898 g/mol. The molecule has 13 heteroatoms. The monoisotopic (exact) mass is 897 g/mol. The first-order valence-corrected chi connectivity index (χ1v) is 20.6. The van der Waals surface area contributed by atoms with Gasteiger partial charge in [0.2, 0.25) is 0 Å². The lowest BCUT2D eigenvalue weighted by atomic mass is 9.89. The zero-order valence-electron chi connectivity index (χ0n) is 34.8. The topological polar surface area (TPSA) is 129 Å². The van der Waals surface area contributed by atoms with Crippen molar-refractivity contribution < 1.29 is 26.3 Å². The first kappa shape index (κ1) is 42.3. The lowest BCUT2D eigenvalue weighted by Crippen LogP contribution is -2.16. The fourth-order valence-electron chi connectivity index (χ4n) is 9.25. The molecule has 10 aromatic rings. The largest absolute Gasteiger partial charge is 0.417 e. The Bertz CT molecular complexity index is 3710. The summed E-state index contributed by atoms with van der Waals surface area (Å²) in [6.07, 6.45) is -10.6. The summed E-state index contributed by atoms with van der Waals surface area (Å²) >= 11 is 0. The van der Waals surface area contributed by atoms with E-state index in [0.717, 1.165) is 6.07 Å². The molecule has 0 spiro atoms. The van der Waals surface area contributed by atoms with E-state index in [-0.39, 0.29) is 39.2 Å². The minimum absolute atomic E-state index is 0.0726. The minimum atomic E-state index is -5.30. The molecule has 0 aliphatic carbocycles. The molecule has 0 bridgehead atoms. The number of hydrogen-bond donors (Lipinski definition) is 0. The number of nitrogens with zero attached hydrogens (tertiary/aromatic N) is 7. The number of fused-ring (bicyclic) bond motifs is 6. The highest BCUT2D eigenvalue weighted by Crippen LogP contribution is 2.51. The van der Waals surface area contributed by atoms with Gasteiger partial charge in [-0.15, -0.1) is 0 Å². The molecule has 0 amide bonds. The maximum absolute atomic E-state index is 15.5. The lowest BCUT2D eigenvalue weighted by Gasteiger charge is -2.25. The van der Waals surface area contributed by atoms with Gasteiger partial charge in [0.25, 0.3) is 0 Å². The summed E-state index contributed by atoms with van der Waals surface area (Å²) in [6.45, 7) is 0. The van der Waals surface area contributed by atoms with Crippen LogP contribution in [0.4, 0.5) is 26.3 Å². The number of rotatable bonds is 5. The van der Waals surface area contributed by atoms with Crippen LogP contribution >= 0.6 is 0 Å². The van der Waals surface area contributed by atoms with Crippen LogP contribution < -0.4 is 0 Å². The van der Waals surface area contributed by atoms with Gasteiger partial charge in [0.1, 0.15) is 0 Å². The molecule has 2 aromatic heterocycles. The van der Waals surface area contributed by atoms with Crippen molar-refractivity contribution in [1.82, 2.24) is 9.13 Å². The van der Waals surface area contributed by atoms with Crippen molar-refractivity contribution in [2.45, 2.75) is 12.4 Å². The van der Waals surface area contributed by atoms with Crippen LogP contribution in [-0.4, -0.2) is 9.13 Å². The Balaban J connectivity index is 1.37. The molecule has 0 aliphatic rings. The summed E-state index contributed by atoms with van der Waals surface area (Å²) in [5.74, 6) is 0. The number of alkyl halides is 6. The van der Waals surface area contributed by atoms with Gasteiger partial charge in [0.05, 0.1) is 103 Å². The first-order valence-electron chi connectivity index (χ1n) is 20.6. The molecule has 0 saturated heterocycles. The Hall–Kier alpha value is -9.61. The van der Waals surface area contributed by atoms with Crippen molar-refractivity contribution >= 4 is 43.6 Å². The average Bonchev–Trinajstić information content (AvgIpc) is 3.86. The van der Waals surface area contributed by atoms with E-state index in [1.54, 1.807) is 118 Å². The van der Waals surface area contributed by atoms with Gasteiger partial charge in [-0.1, -0.05) is 54.6 Å². The second-order valence-electron chi connectivity index (χ2n) is 15.9. The number of halogens is 6. The Morgan fingerprint density at radius 2 is 0.676 bits per heavy atom. The van der Waals surface area contributed by atoms with Gasteiger partial charge in [-0.05, 0) is 119 Å².